The maximum absolute atomic E-state index is 12.3. The van der Waals surface area contributed by atoms with E-state index in [2.05, 4.69) is 10.6 Å². The van der Waals surface area contributed by atoms with E-state index < -0.39 is 23.4 Å². The van der Waals surface area contributed by atoms with Crippen LogP contribution in [-0.2, 0) is 14.4 Å². The van der Waals surface area contributed by atoms with Gasteiger partial charge in [0.2, 0.25) is 5.91 Å². The molecule has 0 aliphatic carbocycles. The van der Waals surface area contributed by atoms with Gasteiger partial charge in [-0.25, -0.2) is 4.79 Å². The van der Waals surface area contributed by atoms with Crippen molar-refractivity contribution in [3.63, 3.8) is 0 Å². The number of carbonyl (C=O) groups is 3. The normalized spacial score (nSPS) is 23.9. The van der Waals surface area contributed by atoms with E-state index in [0.717, 1.165) is 13.0 Å². The minimum Gasteiger partial charge on any atom is -0.481 e. The summed E-state index contributed by atoms with van der Waals surface area (Å²) in [5.41, 5.74) is -0.588. The zero-order chi connectivity index (χ0) is 15.2. The molecule has 1 aliphatic rings. The maximum Gasteiger partial charge on any atom is 0.326 e. The highest BCUT2D eigenvalue weighted by atomic mass is 16.4. The molecule has 1 amide bonds. The predicted octanol–water partition coefficient (Wildman–Crippen LogP) is 0.200. The summed E-state index contributed by atoms with van der Waals surface area (Å²) in [6.07, 6.45) is 1.82. The number of hydrogen-bond donors (Lipinski definition) is 4. The molecule has 1 rings (SSSR count). The Balaban J connectivity index is 2.68. The summed E-state index contributed by atoms with van der Waals surface area (Å²) < 4.78 is 0. The third-order valence-corrected chi connectivity index (χ3v) is 3.88. The molecule has 0 aromatic carbocycles. The molecule has 1 aliphatic heterocycles. The number of piperidine rings is 1. The number of rotatable bonds is 7. The summed E-state index contributed by atoms with van der Waals surface area (Å²) in [5.74, 6) is -2.57. The van der Waals surface area contributed by atoms with Crippen LogP contribution in [-0.4, -0.2) is 47.2 Å². The summed E-state index contributed by atoms with van der Waals surface area (Å²) in [4.78, 5) is 34.0. The Morgan fingerprint density at radius 2 is 2.05 bits per heavy atom. The summed E-state index contributed by atoms with van der Waals surface area (Å²) in [5, 5.41) is 23.3. The molecule has 2 unspecified atom stereocenters. The molecule has 7 heteroatoms. The Morgan fingerprint density at radius 1 is 1.35 bits per heavy atom. The smallest absolute Gasteiger partial charge is 0.326 e. The lowest BCUT2D eigenvalue weighted by Gasteiger charge is -2.36. The van der Waals surface area contributed by atoms with Crippen LogP contribution in [0.4, 0.5) is 0 Å². The molecule has 0 radical (unpaired) electrons. The van der Waals surface area contributed by atoms with Crippen molar-refractivity contribution in [2.24, 2.45) is 5.41 Å². The second kappa shape index (κ2) is 7.23. The second-order valence-corrected chi connectivity index (χ2v) is 5.21. The van der Waals surface area contributed by atoms with Gasteiger partial charge in [0.1, 0.15) is 6.04 Å². The van der Waals surface area contributed by atoms with Gasteiger partial charge in [0, 0.05) is 13.0 Å². The summed E-state index contributed by atoms with van der Waals surface area (Å²) in [6, 6.07) is -1.15. The Morgan fingerprint density at radius 3 is 2.50 bits per heavy atom. The van der Waals surface area contributed by atoms with Crippen LogP contribution in [0.3, 0.4) is 0 Å². The lowest BCUT2D eigenvalue weighted by molar-refractivity contribution is -0.145. The van der Waals surface area contributed by atoms with E-state index in [1.165, 1.54) is 0 Å². The highest BCUT2D eigenvalue weighted by molar-refractivity contribution is 5.88. The molecule has 2 atom stereocenters. The minimum atomic E-state index is -1.20. The van der Waals surface area contributed by atoms with Crippen LogP contribution >= 0.6 is 0 Å². The first kappa shape index (κ1) is 16.4. The van der Waals surface area contributed by atoms with Gasteiger partial charge in [0.05, 0.1) is 5.41 Å². The third kappa shape index (κ3) is 4.19. The molecule has 4 N–H and O–H groups in total. The van der Waals surface area contributed by atoms with Crippen molar-refractivity contribution < 1.29 is 24.6 Å². The predicted molar refractivity (Wildman–Crippen MR) is 71.3 cm³/mol. The summed E-state index contributed by atoms with van der Waals surface area (Å²) in [6.45, 7) is 3.29. The molecule has 0 aromatic rings. The van der Waals surface area contributed by atoms with E-state index in [-0.39, 0.29) is 18.7 Å². The number of amides is 1. The first-order valence-corrected chi connectivity index (χ1v) is 6.87. The standard InChI is InChI=1S/C13H22N2O5/c1-2-13(6-3-7-14-8-13)12(20)15-9(11(18)19)4-5-10(16)17/h9,14H,2-8H2,1H3,(H,15,20)(H,16,17)(H,18,19). The largest absolute Gasteiger partial charge is 0.481 e. The Hall–Kier alpha value is -1.63. The fourth-order valence-corrected chi connectivity index (χ4v) is 2.46. The van der Waals surface area contributed by atoms with E-state index in [1.807, 2.05) is 6.92 Å². The fraction of sp³-hybridized carbons (Fsp3) is 0.769. The van der Waals surface area contributed by atoms with Crippen LogP contribution in [0.15, 0.2) is 0 Å². The highest BCUT2D eigenvalue weighted by Gasteiger charge is 2.39. The molecule has 114 valence electrons. The van der Waals surface area contributed by atoms with E-state index in [4.69, 9.17) is 10.2 Å². The van der Waals surface area contributed by atoms with Crippen LogP contribution in [0.1, 0.15) is 39.0 Å². The number of aliphatic carboxylic acids is 2. The summed E-state index contributed by atoms with van der Waals surface area (Å²) in [7, 11) is 0. The van der Waals surface area contributed by atoms with Crippen molar-refractivity contribution in [3.8, 4) is 0 Å². The molecule has 0 aromatic heterocycles. The second-order valence-electron chi connectivity index (χ2n) is 5.21. The average molecular weight is 286 g/mol. The van der Waals surface area contributed by atoms with Crippen LogP contribution < -0.4 is 10.6 Å². The number of carboxylic acids is 2. The van der Waals surface area contributed by atoms with E-state index in [0.29, 0.717) is 19.4 Å². The van der Waals surface area contributed by atoms with E-state index in [9.17, 15) is 14.4 Å². The van der Waals surface area contributed by atoms with Crippen molar-refractivity contribution in [1.82, 2.24) is 10.6 Å². The summed E-state index contributed by atoms with van der Waals surface area (Å²) >= 11 is 0. The lowest BCUT2D eigenvalue weighted by atomic mass is 9.77. The van der Waals surface area contributed by atoms with Crippen molar-refractivity contribution in [1.29, 1.82) is 0 Å². The minimum absolute atomic E-state index is 0.108. The van der Waals surface area contributed by atoms with Crippen LogP contribution in [0.5, 0.6) is 0 Å². The van der Waals surface area contributed by atoms with Gasteiger partial charge in [-0.1, -0.05) is 6.92 Å². The van der Waals surface area contributed by atoms with Crippen LogP contribution in [0.25, 0.3) is 0 Å². The van der Waals surface area contributed by atoms with Gasteiger partial charge in [-0.05, 0) is 32.2 Å². The molecule has 1 fully saturated rings. The van der Waals surface area contributed by atoms with Crippen LogP contribution in [0.2, 0.25) is 0 Å². The van der Waals surface area contributed by atoms with Gasteiger partial charge in [-0.3, -0.25) is 9.59 Å². The van der Waals surface area contributed by atoms with E-state index in [1.54, 1.807) is 0 Å². The van der Waals surface area contributed by atoms with Crippen LogP contribution in [0, 0.1) is 5.41 Å². The molecule has 7 nitrogen and oxygen atoms in total. The number of carbonyl (C=O) groups excluding carboxylic acids is 1. The van der Waals surface area contributed by atoms with Crippen molar-refractivity contribution in [2.75, 3.05) is 13.1 Å². The lowest BCUT2D eigenvalue weighted by Crippen LogP contribution is -2.54. The molecular formula is C13H22N2O5. The van der Waals surface area contributed by atoms with Gasteiger partial charge in [0.15, 0.2) is 0 Å². The monoisotopic (exact) mass is 286 g/mol. The Bertz CT molecular complexity index is 377. The third-order valence-electron chi connectivity index (χ3n) is 3.88. The molecular weight excluding hydrogens is 264 g/mol. The van der Waals surface area contributed by atoms with Gasteiger partial charge in [-0.2, -0.15) is 0 Å². The fourth-order valence-electron chi connectivity index (χ4n) is 2.46. The quantitative estimate of drug-likeness (QED) is 0.531. The molecule has 1 saturated heterocycles. The maximum atomic E-state index is 12.3. The Labute approximate surface area is 117 Å². The van der Waals surface area contributed by atoms with Crippen molar-refractivity contribution in [2.45, 2.75) is 45.1 Å². The van der Waals surface area contributed by atoms with Gasteiger partial charge < -0.3 is 20.8 Å². The number of hydrogen-bond acceptors (Lipinski definition) is 4. The SMILES string of the molecule is CCC1(C(=O)NC(CCC(=O)O)C(=O)O)CCCNC1. The molecule has 20 heavy (non-hydrogen) atoms. The van der Waals surface area contributed by atoms with Gasteiger partial charge in [0.25, 0.3) is 0 Å². The molecule has 1 heterocycles. The zero-order valence-corrected chi connectivity index (χ0v) is 11.6. The highest BCUT2D eigenvalue weighted by Crippen LogP contribution is 2.30. The molecule has 0 saturated carbocycles. The molecule has 0 bridgehead atoms. The first-order valence-electron chi connectivity index (χ1n) is 6.87. The first-order chi connectivity index (χ1) is 9.41. The molecule has 0 spiro atoms. The Kier molecular flexibility index (Phi) is 5.94. The van der Waals surface area contributed by atoms with Crippen molar-refractivity contribution in [3.05, 3.63) is 0 Å². The van der Waals surface area contributed by atoms with E-state index >= 15 is 0 Å². The zero-order valence-electron chi connectivity index (χ0n) is 11.6. The number of nitrogens with one attached hydrogen (secondary N) is 2. The van der Waals surface area contributed by atoms with Gasteiger partial charge >= 0.3 is 11.9 Å². The topological polar surface area (TPSA) is 116 Å². The van der Waals surface area contributed by atoms with Crippen molar-refractivity contribution >= 4 is 17.8 Å². The van der Waals surface area contributed by atoms with Gasteiger partial charge in [-0.15, -0.1) is 0 Å². The number of carboxylic acid groups (broad SMARTS) is 2. The average Bonchev–Trinajstić information content (AvgIpc) is 2.43.